The van der Waals surface area contributed by atoms with Crippen LogP contribution in [0, 0.1) is 6.92 Å². The van der Waals surface area contributed by atoms with E-state index < -0.39 is 22.6 Å². The van der Waals surface area contributed by atoms with Gasteiger partial charge in [-0.05, 0) is 30.7 Å². The van der Waals surface area contributed by atoms with Crippen molar-refractivity contribution in [1.29, 1.82) is 0 Å². The topological polar surface area (TPSA) is 72.2 Å². The highest BCUT2D eigenvalue weighted by Crippen LogP contribution is 2.26. The van der Waals surface area contributed by atoms with Crippen molar-refractivity contribution in [2.45, 2.75) is 43.8 Å². The minimum absolute atomic E-state index is 0.0162. The standard InChI is InChI=1S/C11H17F3N2O2S2/c1-8-7-19-9(6-15)10(8)20(17,18)16-5-3-2-4-11(12,13)14/h7,16H,2-6,15H2,1H3. The summed E-state index contributed by atoms with van der Waals surface area (Å²) in [6, 6.07) is 0. The third kappa shape index (κ3) is 5.04. The number of nitrogens with one attached hydrogen (secondary N) is 1. The van der Waals surface area contributed by atoms with Gasteiger partial charge in [-0.2, -0.15) is 13.2 Å². The largest absolute Gasteiger partial charge is 0.389 e. The Bertz CT molecular complexity index is 538. The molecule has 0 aliphatic rings. The van der Waals surface area contributed by atoms with Gasteiger partial charge < -0.3 is 5.73 Å². The molecular formula is C11H17F3N2O2S2. The zero-order valence-electron chi connectivity index (χ0n) is 11.0. The highest BCUT2D eigenvalue weighted by atomic mass is 32.2. The van der Waals surface area contributed by atoms with Gasteiger partial charge in [0.1, 0.15) is 4.90 Å². The maximum Gasteiger partial charge on any atom is 0.389 e. The zero-order valence-corrected chi connectivity index (χ0v) is 12.6. The van der Waals surface area contributed by atoms with E-state index >= 15 is 0 Å². The van der Waals surface area contributed by atoms with Crippen molar-refractivity contribution < 1.29 is 21.6 Å². The van der Waals surface area contributed by atoms with Gasteiger partial charge in [0.05, 0.1) is 0 Å². The second-order valence-electron chi connectivity index (χ2n) is 4.35. The second kappa shape index (κ2) is 6.88. The fraction of sp³-hybridized carbons (Fsp3) is 0.636. The first-order valence-corrected chi connectivity index (χ1v) is 8.37. The van der Waals surface area contributed by atoms with E-state index in [1.54, 1.807) is 12.3 Å². The second-order valence-corrected chi connectivity index (χ2v) is 7.01. The predicted octanol–water partition coefficient (Wildman–Crippen LogP) is 2.53. The Morgan fingerprint density at radius 2 is 2.00 bits per heavy atom. The lowest BCUT2D eigenvalue weighted by Gasteiger charge is -2.09. The normalized spacial score (nSPS) is 12.8. The first-order valence-electron chi connectivity index (χ1n) is 6.01. The van der Waals surface area contributed by atoms with E-state index in [1.165, 1.54) is 11.3 Å². The number of hydrogen-bond donors (Lipinski definition) is 2. The molecule has 20 heavy (non-hydrogen) atoms. The molecule has 0 aliphatic carbocycles. The van der Waals surface area contributed by atoms with E-state index in [1.807, 2.05) is 0 Å². The molecule has 3 N–H and O–H groups in total. The van der Waals surface area contributed by atoms with E-state index in [0.29, 0.717) is 10.4 Å². The van der Waals surface area contributed by atoms with Crippen molar-refractivity contribution in [2.24, 2.45) is 5.73 Å². The lowest BCUT2D eigenvalue weighted by molar-refractivity contribution is -0.135. The Kier molecular flexibility index (Phi) is 5.99. The van der Waals surface area contributed by atoms with Gasteiger partial charge in [-0.15, -0.1) is 11.3 Å². The molecule has 1 aromatic rings. The first-order chi connectivity index (χ1) is 9.17. The van der Waals surface area contributed by atoms with Crippen LogP contribution in [0.2, 0.25) is 0 Å². The molecular weight excluding hydrogens is 313 g/mol. The number of unbranched alkanes of at least 4 members (excludes halogenated alkanes) is 1. The number of aryl methyl sites for hydroxylation is 1. The molecule has 0 bridgehead atoms. The maximum absolute atomic E-state index is 12.1. The van der Waals surface area contributed by atoms with Crippen LogP contribution < -0.4 is 10.5 Å². The van der Waals surface area contributed by atoms with E-state index in [4.69, 9.17) is 5.73 Å². The third-order valence-corrected chi connectivity index (χ3v) is 5.57. The predicted molar refractivity (Wildman–Crippen MR) is 72.0 cm³/mol. The summed E-state index contributed by atoms with van der Waals surface area (Å²) < 4.78 is 62.3. The van der Waals surface area contributed by atoms with Crippen molar-refractivity contribution in [1.82, 2.24) is 4.72 Å². The molecule has 0 spiro atoms. The Hall–Kier alpha value is -0.640. The average molecular weight is 330 g/mol. The van der Waals surface area contributed by atoms with Crippen LogP contribution in [0.5, 0.6) is 0 Å². The lowest BCUT2D eigenvalue weighted by atomic mass is 10.2. The van der Waals surface area contributed by atoms with Crippen molar-refractivity contribution >= 4 is 21.4 Å². The van der Waals surface area contributed by atoms with Gasteiger partial charge in [-0.1, -0.05) is 0 Å². The average Bonchev–Trinajstić information content (AvgIpc) is 2.69. The smallest absolute Gasteiger partial charge is 0.326 e. The molecule has 4 nitrogen and oxygen atoms in total. The molecule has 0 fully saturated rings. The summed E-state index contributed by atoms with van der Waals surface area (Å²) in [6.07, 6.45) is -5.06. The Morgan fingerprint density at radius 3 is 2.55 bits per heavy atom. The minimum atomic E-state index is -4.20. The first kappa shape index (κ1) is 17.4. The number of thiophene rings is 1. The fourth-order valence-electron chi connectivity index (χ4n) is 1.72. The molecule has 0 unspecified atom stereocenters. The Morgan fingerprint density at radius 1 is 1.35 bits per heavy atom. The van der Waals surface area contributed by atoms with Crippen LogP contribution in [0.1, 0.15) is 29.7 Å². The number of hydrogen-bond acceptors (Lipinski definition) is 4. The zero-order chi connectivity index (χ0) is 15.4. The van der Waals surface area contributed by atoms with Crippen LogP contribution in [0.4, 0.5) is 13.2 Å². The van der Waals surface area contributed by atoms with Gasteiger partial charge in [0, 0.05) is 24.4 Å². The molecule has 0 aliphatic heterocycles. The summed E-state index contributed by atoms with van der Waals surface area (Å²) in [5.41, 5.74) is 6.07. The van der Waals surface area contributed by atoms with E-state index in [9.17, 15) is 21.6 Å². The monoisotopic (exact) mass is 330 g/mol. The molecule has 0 radical (unpaired) electrons. The van der Waals surface area contributed by atoms with Crippen LogP contribution in [0.25, 0.3) is 0 Å². The van der Waals surface area contributed by atoms with Crippen LogP contribution in [0.15, 0.2) is 10.3 Å². The Labute approximate surface area is 120 Å². The molecule has 1 aromatic heterocycles. The quantitative estimate of drug-likeness (QED) is 0.755. The molecule has 0 saturated carbocycles. The summed E-state index contributed by atoms with van der Waals surface area (Å²) in [6.45, 7) is 1.76. The lowest BCUT2D eigenvalue weighted by Crippen LogP contribution is -2.26. The number of sulfonamides is 1. The summed E-state index contributed by atoms with van der Waals surface area (Å²) in [5, 5.41) is 1.69. The summed E-state index contributed by atoms with van der Waals surface area (Å²) >= 11 is 1.26. The maximum atomic E-state index is 12.1. The fourth-order valence-corrected chi connectivity index (χ4v) is 4.49. The van der Waals surface area contributed by atoms with Gasteiger partial charge in [0.15, 0.2) is 0 Å². The van der Waals surface area contributed by atoms with Gasteiger partial charge in [0.25, 0.3) is 0 Å². The SMILES string of the molecule is Cc1csc(CN)c1S(=O)(=O)NCCCCC(F)(F)F. The number of nitrogens with two attached hydrogens (primary N) is 1. The van der Waals surface area contributed by atoms with Gasteiger partial charge >= 0.3 is 6.18 Å². The van der Waals surface area contributed by atoms with E-state index in [-0.39, 0.29) is 30.8 Å². The molecule has 0 amide bonds. The summed E-state index contributed by atoms with van der Waals surface area (Å²) in [7, 11) is -3.71. The number of rotatable bonds is 7. The van der Waals surface area contributed by atoms with Gasteiger partial charge in [0.2, 0.25) is 10.0 Å². The van der Waals surface area contributed by atoms with Crippen molar-refractivity contribution in [3.8, 4) is 0 Å². The van der Waals surface area contributed by atoms with E-state index in [0.717, 1.165) is 0 Å². The number of halogens is 3. The van der Waals surface area contributed by atoms with Gasteiger partial charge in [-0.25, -0.2) is 13.1 Å². The highest BCUT2D eigenvalue weighted by molar-refractivity contribution is 7.89. The Balaban J connectivity index is 2.56. The molecule has 1 heterocycles. The molecule has 0 aromatic carbocycles. The van der Waals surface area contributed by atoms with E-state index in [2.05, 4.69) is 4.72 Å². The highest BCUT2D eigenvalue weighted by Gasteiger charge is 2.26. The third-order valence-electron chi connectivity index (χ3n) is 2.62. The minimum Gasteiger partial charge on any atom is -0.326 e. The molecule has 9 heteroatoms. The molecule has 1 rings (SSSR count). The summed E-state index contributed by atoms with van der Waals surface area (Å²) in [5.74, 6) is 0. The van der Waals surface area contributed by atoms with Crippen LogP contribution in [-0.2, 0) is 16.6 Å². The van der Waals surface area contributed by atoms with Crippen LogP contribution in [0.3, 0.4) is 0 Å². The van der Waals surface area contributed by atoms with Gasteiger partial charge in [-0.3, -0.25) is 0 Å². The van der Waals surface area contributed by atoms with Crippen molar-refractivity contribution in [2.75, 3.05) is 6.54 Å². The number of alkyl halides is 3. The molecule has 0 saturated heterocycles. The van der Waals surface area contributed by atoms with Crippen LogP contribution >= 0.6 is 11.3 Å². The molecule has 0 atom stereocenters. The van der Waals surface area contributed by atoms with Crippen molar-refractivity contribution in [3.05, 3.63) is 15.8 Å². The van der Waals surface area contributed by atoms with Crippen molar-refractivity contribution in [3.63, 3.8) is 0 Å². The van der Waals surface area contributed by atoms with Crippen LogP contribution in [-0.4, -0.2) is 21.1 Å². The molecule has 116 valence electrons. The summed E-state index contributed by atoms with van der Waals surface area (Å²) in [4.78, 5) is 0.700.